The van der Waals surface area contributed by atoms with E-state index in [1.807, 2.05) is 17.0 Å². The molecule has 140 valence electrons. The number of aliphatic imine (C=N–C) groups is 1. The number of halogens is 1. The molecule has 2 aliphatic heterocycles. The highest BCUT2D eigenvalue weighted by Gasteiger charge is 2.49. The van der Waals surface area contributed by atoms with Crippen molar-refractivity contribution < 1.29 is 13.2 Å². The Hall–Kier alpha value is -1.05. The molecule has 2 atom stereocenters. The molecule has 3 aliphatic rings. The molecule has 5 nitrogen and oxygen atoms in total. The molecule has 0 aromatic heterocycles. The van der Waals surface area contributed by atoms with Crippen LogP contribution in [0.3, 0.4) is 0 Å². The summed E-state index contributed by atoms with van der Waals surface area (Å²) < 4.78 is 24.2. The molecule has 1 saturated carbocycles. The van der Waals surface area contributed by atoms with Crippen molar-refractivity contribution in [1.29, 1.82) is 0 Å². The van der Waals surface area contributed by atoms with Gasteiger partial charge in [-0.3, -0.25) is 4.79 Å². The van der Waals surface area contributed by atoms with Gasteiger partial charge in [-0.2, -0.15) is 4.99 Å². The fraction of sp³-hybridized carbons (Fsp3) is 0.556. The van der Waals surface area contributed by atoms with Crippen LogP contribution in [0.2, 0.25) is 5.02 Å². The average molecular weight is 413 g/mol. The van der Waals surface area contributed by atoms with Crippen LogP contribution in [-0.2, 0) is 14.6 Å². The molecule has 0 radical (unpaired) electrons. The number of hydrogen-bond donors (Lipinski definition) is 0. The quantitative estimate of drug-likeness (QED) is 0.743. The average Bonchev–Trinajstić information content (AvgIpc) is 3.06. The van der Waals surface area contributed by atoms with Gasteiger partial charge in [0.05, 0.1) is 17.5 Å². The van der Waals surface area contributed by atoms with Crippen molar-refractivity contribution in [3.8, 4) is 0 Å². The zero-order valence-corrected chi connectivity index (χ0v) is 16.7. The van der Waals surface area contributed by atoms with Crippen molar-refractivity contribution in [1.82, 2.24) is 0 Å². The maximum atomic E-state index is 12.7. The van der Waals surface area contributed by atoms with E-state index in [4.69, 9.17) is 11.6 Å². The number of carbonyl (C=O) groups is 1. The molecule has 3 fully saturated rings. The summed E-state index contributed by atoms with van der Waals surface area (Å²) in [5, 5.41) is 1.11. The van der Waals surface area contributed by atoms with Crippen LogP contribution in [0, 0.1) is 5.92 Å². The summed E-state index contributed by atoms with van der Waals surface area (Å²) in [6.07, 6.45) is 5.15. The van der Waals surface area contributed by atoms with E-state index in [0.717, 1.165) is 31.4 Å². The molecule has 26 heavy (non-hydrogen) atoms. The predicted molar refractivity (Wildman–Crippen MR) is 107 cm³/mol. The maximum Gasteiger partial charge on any atom is 0.251 e. The largest absolute Gasteiger partial charge is 0.316 e. The van der Waals surface area contributed by atoms with Gasteiger partial charge in [-0.05, 0) is 31.0 Å². The summed E-state index contributed by atoms with van der Waals surface area (Å²) in [4.78, 5) is 19.0. The zero-order chi connectivity index (χ0) is 18.3. The lowest BCUT2D eigenvalue weighted by Gasteiger charge is -2.25. The minimum atomic E-state index is -3.06. The van der Waals surface area contributed by atoms with Crippen LogP contribution in [0.25, 0.3) is 0 Å². The number of amidine groups is 1. The third kappa shape index (κ3) is 3.66. The second-order valence-electron chi connectivity index (χ2n) is 7.22. The van der Waals surface area contributed by atoms with E-state index in [0.29, 0.717) is 10.2 Å². The van der Waals surface area contributed by atoms with Crippen LogP contribution in [0.5, 0.6) is 0 Å². The maximum absolute atomic E-state index is 12.7. The van der Waals surface area contributed by atoms with Gasteiger partial charge >= 0.3 is 0 Å². The van der Waals surface area contributed by atoms with Crippen molar-refractivity contribution in [2.75, 3.05) is 16.4 Å². The Kier molecular flexibility index (Phi) is 5.05. The fourth-order valence-electron chi connectivity index (χ4n) is 4.03. The number of hydrogen-bond acceptors (Lipinski definition) is 4. The van der Waals surface area contributed by atoms with E-state index < -0.39 is 9.84 Å². The lowest BCUT2D eigenvalue weighted by Crippen LogP contribution is -2.38. The molecule has 0 unspecified atom stereocenters. The van der Waals surface area contributed by atoms with E-state index in [2.05, 4.69) is 4.99 Å². The normalized spacial score (nSPS) is 29.9. The van der Waals surface area contributed by atoms with E-state index in [1.54, 1.807) is 12.1 Å². The molecule has 0 N–H and O–H groups in total. The summed E-state index contributed by atoms with van der Waals surface area (Å²) in [5.74, 6) is 0.161. The highest BCUT2D eigenvalue weighted by molar-refractivity contribution is 8.16. The molecular weight excluding hydrogens is 392 g/mol. The number of benzene rings is 1. The Labute approximate surface area is 163 Å². The van der Waals surface area contributed by atoms with Gasteiger partial charge in [-0.25, -0.2) is 8.42 Å². The Morgan fingerprint density at radius 2 is 1.96 bits per heavy atom. The summed E-state index contributed by atoms with van der Waals surface area (Å²) in [6, 6.07) is 7.11. The third-order valence-electron chi connectivity index (χ3n) is 5.31. The second kappa shape index (κ2) is 7.17. The van der Waals surface area contributed by atoms with E-state index in [-0.39, 0.29) is 34.6 Å². The molecule has 2 saturated heterocycles. The second-order valence-corrected chi connectivity index (χ2v) is 11.0. The van der Waals surface area contributed by atoms with Gasteiger partial charge in [0.2, 0.25) is 0 Å². The zero-order valence-electron chi connectivity index (χ0n) is 14.3. The van der Waals surface area contributed by atoms with Crippen LogP contribution >= 0.6 is 23.4 Å². The van der Waals surface area contributed by atoms with Crippen molar-refractivity contribution in [3.63, 3.8) is 0 Å². The monoisotopic (exact) mass is 412 g/mol. The topological polar surface area (TPSA) is 66.8 Å². The van der Waals surface area contributed by atoms with Gasteiger partial charge in [-0.15, -0.1) is 0 Å². The number of thioether (sulfide) groups is 1. The smallest absolute Gasteiger partial charge is 0.251 e. The highest BCUT2D eigenvalue weighted by atomic mass is 35.5. The lowest BCUT2D eigenvalue weighted by atomic mass is 9.89. The van der Waals surface area contributed by atoms with Crippen LogP contribution in [-0.4, -0.2) is 42.3 Å². The Bertz CT molecular complexity index is 850. The molecule has 2 heterocycles. The number of rotatable bonds is 2. The first-order valence-corrected chi connectivity index (χ1v) is 12.1. The number of amides is 1. The number of carbonyl (C=O) groups excluding carboxylic acids is 1. The van der Waals surface area contributed by atoms with Crippen molar-refractivity contribution in [3.05, 3.63) is 29.3 Å². The molecule has 0 spiro atoms. The number of nitrogens with zero attached hydrogens (tertiary/aromatic N) is 2. The molecule has 8 heteroatoms. The number of fused-ring (bicyclic) bond motifs is 1. The van der Waals surface area contributed by atoms with Crippen molar-refractivity contribution in [2.24, 2.45) is 10.9 Å². The van der Waals surface area contributed by atoms with Gasteiger partial charge in [0.1, 0.15) is 0 Å². The van der Waals surface area contributed by atoms with E-state index in [1.165, 1.54) is 18.2 Å². The molecular formula is C18H21ClN2O3S2. The summed E-state index contributed by atoms with van der Waals surface area (Å²) in [5.41, 5.74) is 0.796. The van der Waals surface area contributed by atoms with Crippen molar-refractivity contribution in [2.45, 2.75) is 43.4 Å². The minimum absolute atomic E-state index is 0.00207. The van der Waals surface area contributed by atoms with Crippen molar-refractivity contribution >= 4 is 50.0 Å². The molecule has 4 rings (SSSR count). The van der Waals surface area contributed by atoms with Crippen LogP contribution < -0.4 is 4.90 Å². The molecule has 1 aromatic carbocycles. The van der Waals surface area contributed by atoms with Crippen LogP contribution in [0.1, 0.15) is 32.1 Å². The fourth-order valence-corrected chi connectivity index (χ4v) is 8.13. The highest BCUT2D eigenvalue weighted by Crippen LogP contribution is 2.41. The Morgan fingerprint density at radius 1 is 1.19 bits per heavy atom. The Morgan fingerprint density at radius 3 is 2.69 bits per heavy atom. The first kappa shape index (κ1) is 18.3. The molecule has 1 aromatic rings. The molecule has 1 amide bonds. The van der Waals surface area contributed by atoms with Crippen LogP contribution in [0.15, 0.2) is 29.3 Å². The van der Waals surface area contributed by atoms with Gasteiger partial charge < -0.3 is 4.90 Å². The number of anilines is 1. The first-order valence-electron chi connectivity index (χ1n) is 8.97. The minimum Gasteiger partial charge on any atom is -0.316 e. The summed E-state index contributed by atoms with van der Waals surface area (Å²) >= 11 is 7.56. The SMILES string of the molecule is O=C(N=C1S[C@@H]2CS(=O)(=O)C[C@H]2N1c1cccc(Cl)c1)C1CCCCC1. The lowest BCUT2D eigenvalue weighted by molar-refractivity contribution is -0.122. The summed E-state index contributed by atoms with van der Waals surface area (Å²) in [6.45, 7) is 0. The third-order valence-corrected chi connectivity index (χ3v) is 8.76. The summed E-state index contributed by atoms with van der Waals surface area (Å²) in [7, 11) is -3.06. The van der Waals surface area contributed by atoms with Gasteiger partial charge in [0.15, 0.2) is 15.0 Å². The van der Waals surface area contributed by atoms with Crippen LogP contribution in [0.4, 0.5) is 5.69 Å². The van der Waals surface area contributed by atoms with Gasteiger partial charge in [0.25, 0.3) is 5.91 Å². The number of sulfone groups is 1. The predicted octanol–water partition coefficient (Wildman–Crippen LogP) is 3.52. The van der Waals surface area contributed by atoms with Gasteiger partial charge in [-0.1, -0.05) is 48.7 Å². The van der Waals surface area contributed by atoms with E-state index in [9.17, 15) is 13.2 Å². The molecule has 0 bridgehead atoms. The first-order chi connectivity index (χ1) is 12.4. The molecule has 1 aliphatic carbocycles. The van der Waals surface area contributed by atoms with Gasteiger partial charge in [0, 0.05) is 21.9 Å². The standard InChI is InChI=1S/C18H21ClN2O3S2/c19-13-7-4-8-14(9-13)21-15-10-26(23,24)11-16(15)25-18(21)20-17(22)12-5-2-1-3-6-12/h4,7-9,12,15-16H,1-3,5-6,10-11H2/t15-,16-/m1/s1. The van der Waals surface area contributed by atoms with E-state index >= 15 is 0 Å². The Balaban J connectivity index is 1.67.